The summed E-state index contributed by atoms with van der Waals surface area (Å²) >= 11 is 0. The highest BCUT2D eigenvalue weighted by atomic mass is 15.2. The third-order valence-corrected chi connectivity index (χ3v) is 10.6. The Kier molecular flexibility index (Phi) is 6.82. The van der Waals surface area contributed by atoms with Gasteiger partial charge in [0.25, 0.3) is 0 Å². The van der Waals surface area contributed by atoms with Crippen LogP contribution in [0.3, 0.4) is 0 Å². The molecule has 54 heavy (non-hydrogen) atoms. The fraction of sp³-hybridized carbons (Fsp3) is 0.0208. The van der Waals surface area contributed by atoms with Crippen LogP contribution in [0.1, 0.15) is 23.0 Å². The third kappa shape index (κ3) is 4.85. The van der Waals surface area contributed by atoms with Crippen LogP contribution in [0.15, 0.2) is 192 Å². The Balaban J connectivity index is 1.11. The van der Waals surface area contributed by atoms with Crippen LogP contribution >= 0.6 is 0 Å². The highest BCUT2D eigenvalue weighted by molar-refractivity contribution is 6.19. The molecular weight excluding hydrogens is 661 g/mol. The Morgan fingerprint density at radius 2 is 1.11 bits per heavy atom. The van der Waals surface area contributed by atoms with Gasteiger partial charge in [-0.25, -0.2) is 15.0 Å². The molecule has 10 aromatic rings. The lowest BCUT2D eigenvalue weighted by Gasteiger charge is -2.23. The minimum Gasteiger partial charge on any atom is -0.343 e. The summed E-state index contributed by atoms with van der Waals surface area (Å²) in [6, 6.07) is 63.9. The number of aromatic nitrogens is 3. The summed E-state index contributed by atoms with van der Waals surface area (Å²) in [7, 11) is 0. The van der Waals surface area contributed by atoms with Crippen molar-refractivity contribution >= 4 is 66.1 Å². The molecule has 1 aliphatic rings. The first-order chi connectivity index (χ1) is 26.8. The fourth-order valence-corrected chi connectivity index (χ4v) is 8.06. The van der Waals surface area contributed by atoms with Crippen LogP contribution in [0.2, 0.25) is 0 Å². The summed E-state index contributed by atoms with van der Waals surface area (Å²) in [5.41, 5.74) is 8.41. The molecule has 3 aromatic heterocycles. The maximum atomic E-state index is 5.36. The van der Waals surface area contributed by atoms with Crippen LogP contribution in [0.5, 0.6) is 0 Å². The van der Waals surface area contributed by atoms with E-state index in [-0.39, 0.29) is 6.17 Å². The molecule has 0 saturated carbocycles. The summed E-state index contributed by atoms with van der Waals surface area (Å²) < 4.78 is 4.66. The van der Waals surface area contributed by atoms with E-state index in [0.717, 1.165) is 50.3 Å². The zero-order valence-corrected chi connectivity index (χ0v) is 29.1. The number of nitrogens with zero attached hydrogens (tertiary/aromatic N) is 5. The molecule has 0 saturated heterocycles. The normalized spacial score (nSPS) is 14.5. The molecule has 0 bridgehead atoms. The van der Waals surface area contributed by atoms with Gasteiger partial charge in [-0.15, -0.1) is 0 Å². The third-order valence-electron chi connectivity index (χ3n) is 10.6. The van der Waals surface area contributed by atoms with Crippen molar-refractivity contribution in [3.63, 3.8) is 0 Å². The van der Waals surface area contributed by atoms with Gasteiger partial charge in [0.2, 0.25) is 0 Å². The molecule has 1 aliphatic heterocycles. The van der Waals surface area contributed by atoms with Crippen molar-refractivity contribution in [3.05, 3.63) is 199 Å². The van der Waals surface area contributed by atoms with Crippen molar-refractivity contribution in [2.45, 2.75) is 6.17 Å². The fourth-order valence-electron chi connectivity index (χ4n) is 8.06. The summed E-state index contributed by atoms with van der Waals surface area (Å²) in [6.45, 7) is 0. The van der Waals surface area contributed by atoms with Crippen LogP contribution in [0.4, 0.5) is 0 Å². The molecule has 254 valence electrons. The van der Waals surface area contributed by atoms with Crippen LogP contribution in [0, 0.1) is 0 Å². The smallest absolute Gasteiger partial charge is 0.159 e. The lowest BCUT2D eigenvalue weighted by atomic mass is 10.1. The molecular formula is C48H32N6. The van der Waals surface area contributed by atoms with E-state index in [9.17, 15) is 0 Å². The number of hydrogen-bond acceptors (Lipinski definition) is 4. The number of pyridine rings is 1. The van der Waals surface area contributed by atoms with Crippen molar-refractivity contribution in [3.8, 4) is 11.5 Å². The van der Waals surface area contributed by atoms with Crippen molar-refractivity contribution in [2.24, 2.45) is 9.98 Å². The van der Waals surface area contributed by atoms with E-state index in [1.165, 1.54) is 32.4 Å². The zero-order valence-electron chi connectivity index (χ0n) is 29.1. The highest BCUT2D eigenvalue weighted by Gasteiger charge is 2.23. The maximum absolute atomic E-state index is 5.36. The average Bonchev–Trinajstić information content (AvgIpc) is 3.75. The van der Waals surface area contributed by atoms with E-state index in [1.54, 1.807) is 0 Å². The number of nitrogens with one attached hydrogen (secondary N) is 1. The van der Waals surface area contributed by atoms with Gasteiger partial charge in [-0.05, 0) is 70.9 Å². The molecule has 0 spiro atoms. The first-order valence-electron chi connectivity index (χ1n) is 18.2. The van der Waals surface area contributed by atoms with Gasteiger partial charge in [-0.2, -0.15) is 0 Å². The number of para-hydroxylation sites is 3. The molecule has 0 radical (unpaired) electrons. The predicted molar refractivity (Wildman–Crippen MR) is 222 cm³/mol. The van der Waals surface area contributed by atoms with E-state index in [4.69, 9.17) is 15.0 Å². The van der Waals surface area contributed by atoms with Gasteiger partial charge in [0, 0.05) is 32.8 Å². The second kappa shape index (κ2) is 12.1. The summed E-state index contributed by atoms with van der Waals surface area (Å²) in [6.07, 6.45) is -0.327. The van der Waals surface area contributed by atoms with Gasteiger partial charge in [0.1, 0.15) is 17.7 Å². The first-order valence-corrected chi connectivity index (χ1v) is 18.2. The molecule has 1 atom stereocenters. The van der Waals surface area contributed by atoms with Gasteiger partial charge in [0.15, 0.2) is 11.7 Å². The number of amidine groups is 2. The Labute approximate surface area is 311 Å². The Morgan fingerprint density at radius 1 is 0.463 bits per heavy atom. The van der Waals surface area contributed by atoms with E-state index < -0.39 is 0 Å². The van der Waals surface area contributed by atoms with Gasteiger partial charge in [-0.3, -0.25) is 4.57 Å². The monoisotopic (exact) mass is 692 g/mol. The summed E-state index contributed by atoms with van der Waals surface area (Å²) in [5, 5.41) is 10.8. The number of fused-ring (bicyclic) bond motifs is 7. The average molecular weight is 693 g/mol. The molecule has 6 heteroatoms. The van der Waals surface area contributed by atoms with Crippen molar-refractivity contribution in [1.29, 1.82) is 0 Å². The topological polar surface area (TPSA) is 59.5 Å². The minimum atomic E-state index is -0.327. The second-order valence-electron chi connectivity index (χ2n) is 13.7. The lowest BCUT2D eigenvalue weighted by Crippen LogP contribution is -2.34. The summed E-state index contributed by atoms with van der Waals surface area (Å²) in [5.74, 6) is 2.16. The standard InChI is InChI=1S/C48H32N6/c1-3-15-32(16-4-1)46-50-47(34-27-26-31-14-7-8-17-33(31)28-34)52-48(51-46)40-22-13-25-45(49-40)54-42-24-12-10-21-37(42)39-29-38-36-20-9-11-23-41(36)53(43(38)30-44(39)54)35-18-5-2-6-19-35/h1-30,46H,(H,50,51,52). The van der Waals surface area contributed by atoms with Gasteiger partial charge < -0.3 is 9.88 Å². The Hall–Kier alpha value is -7.31. The van der Waals surface area contributed by atoms with E-state index in [2.05, 4.69) is 172 Å². The van der Waals surface area contributed by atoms with Crippen LogP contribution < -0.4 is 5.32 Å². The highest BCUT2D eigenvalue weighted by Crippen LogP contribution is 2.39. The molecule has 0 amide bonds. The van der Waals surface area contributed by atoms with Crippen LogP contribution in [-0.4, -0.2) is 25.8 Å². The predicted octanol–water partition coefficient (Wildman–Crippen LogP) is 10.9. The second-order valence-corrected chi connectivity index (χ2v) is 13.7. The molecule has 0 fully saturated rings. The lowest BCUT2D eigenvalue weighted by molar-refractivity contribution is 0.672. The van der Waals surface area contributed by atoms with Crippen LogP contribution in [0.25, 0.3) is 65.9 Å². The molecule has 1 unspecified atom stereocenters. The van der Waals surface area contributed by atoms with Crippen molar-refractivity contribution in [1.82, 2.24) is 19.4 Å². The molecule has 11 rings (SSSR count). The van der Waals surface area contributed by atoms with Gasteiger partial charge in [0.05, 0.1) is 22.1 Å². The molecule has 7 aromatic carbocycles. The molecule has 6 nitrogen and oxygen atoms in total. The zero-order chi connectivity index (χ0) is 35.6. The maximum Gasteiger partial charge on any atom is 0.159 e. The van der Waals surface area contributed by atoms with Crippen LogP contribution in [-0.2, 0) is 0 Å². The minimum absolute atomic E-state index is 0.327. The van der Waals surface area contributed by atoms with Gasteiger partial charge in [-0.1, -0.05) is 127 Å². The SMILES string of the molecule is c1ccc(C2N=C(c3ccc4ccccc4c3)N=C(c3cccc(-n4c5ccccc5c5cc6c7ccccc7n(-c7ccccc7)c6cc54)n3)N2)cc1. The largest absolute Gasteiger partial charge is 0.343 e. The van der Waals surface area contributed by atoms with Crippen molar-refractivity contribution in [2.75, 3.05) is 0 Å². The molecule has 1 N–H and O–H groups in total. The first kappa shape index (κ1) is 30.3. The van der Waals surface area contributed by atoms with E-state index in [0.29, 0.717) is 11.7 Å². The quantitative estimate of drug-likeness (QED) is 0.195. The van der Waals surface area contributed by atoms with Gasteiger partial charge >= 0.3 is 0 Å². The Bertz CT molecular complexity index is 3130. The van der Waals surface area contributed by atoms with E-state index >= 15 is 0 Å². The number of benzene rings is 7. The molecule has 4 heterocycles. The summed E-state index contributed by atoms with van der Waals surface area (Å²) in [4.78, 5) is 15.6. The van der Waals surface area contributed by atoms with Crippen molar-refractivity contribution < 1.29 is 0 Å². The number of aliphatic imine (C=N–C) groups is 2. The number of rotatable bonds is 5. The number of hydrogen-bond donors (Lipinski definition) is 1. The van der Waals surface area contributed by atoms with E-state index in [1.807, 2.05) is 24.3 Å². The Morgan fingerprint density at radius 3 is 1.89 bits per heavy atom. The molecule has 0 aliphatic carbocycles.